The number of nitrogens with zero attached hydrogens (tertiary/aromatic N) is 2. The number of rotatable bonds is 4. The van der Waals surface area contributed by atoms with Crippen LogP contribution in [0.5, 0.6) is 0 Å². The molecule has 0 aliphatic carbocycles. The second-order valence-corrected chi connectivity index (χ2v) is 8.22. The highest BCUT2D eigenvalue weighted by atomic mass is 32.1. The van der Waals surface area contributed by atoms with E-state index >= 15 is 0 Å². The number of hydrogen-bond acceptors (Lipinski definition) is 4. The molecule has 2 aromatic heterocycles. The fourth-order valence-corrected chi connectivity index (χ4v) is 4.71. The van der Waals surface area contributed by atoms with Crippen molar-refractivity contribution in [2.75, 3.05) is 26.3 Å². The standard InChI is InChI=1S/C20H26N2O3S/c1-14-12-18(15(2)22(14)13-17-4-3-11-26-17)19(23)21-7-5-16(6-8-21)20-24-9-10-25-20/h3-4,11-12,16,20H,5-10,13H2,1-2H3. The summed E-state index contributed by atoms with van der Waals surface area (Å²) in [5.41, 5.74) is 3.04. The van der Waals surface area contributed by atoms with E-state index in [2.05, 4.69) is 35.9 Å². The lowest BCUT2D eigenvalue weighted by molar-refractivity contribution is -0.0956. The fraction of sp³-hybridized carbons (Fsp3) is 0.550. The molecule has 0 atom stereocenters. The molecule has 0 spiro atoms. The van der Waals surface area contributed by atoms with Crippen LogP contribution in [0.25, 0.3) is 0 Å². The van der Waals surface area contributed by atoms with Crippen LogP contribution in [0.1, 0.15) is 39.5 Å². The molecule has 2 aliphatic rings. The molecule has 4 rings (SSSR count). The predicted molar refractivity (Wildman–Crippen MR) is 102 cm³/mol. The number of carbonyl (C=O) groups excluding carboxylic acids is 1. The van der Waals surface area contributed by atoms with Gasteiger partial charge in [0, 0.05) is 35.3 Å². The van der Waals surface area contributed by atoms with Gasteiger partial charge in [-0.25, -0.2) is 0 Å². The first kappa shape index (κ1) is 17.8. The molecule has 5 nitrogen and oxygen atoms in total. The van der Waals surface area contributed by atoms with Crippen LogP contribution >= 0.6 is 11.3 Å². The van der Waals surface area contributed by atoms with Crippen LogP contribution in [0.2, 0.25) is 0 Å². The Morgan fingerprint density at radius 2 is 1.96 bits per heavy atom. The van der Waals surface area contributed by atoms with Crippen molar-refractivity contribution in [3.05, 3.63) is 45.4 Å². The average molecular weight is 375 g/mol. The Kier molecular flexibility index (Phi) is 5.16. The van der Waals surface area contributed by atoms with Crippen molar-refractivity contribution >= 4 is 17.2 Å². The summed E-state index contributed by atoms with van der Waals surface area (Å²) in [6, 6.07) is 6.26. The van der Waals surface area contributed by atoms with Crippen LogP contribution in [-0.4, -0.2) is 48.0 Å². The first-order valence-electron chi connectivity index (χ1n) is 9.35. The van der Waals surface area contributed by atoms with E-state index in [0.29, 0.717) is 19.1 Å². The molecule has 26 heavy (non-hydrogen) atoms. The first-order valence-corrected chi connectivity index (χ1v) is 10.2. The maximum atomic E-state index is 13.1. The number of carbonyl (C=O) groups is 1. The lowest BCUT2D eigenvalue weighted by atomic mass is 9.95. The number of aryl methyl sites for hydroxylation is 1. The average Bonchev–Trinajstić information content (AvgIpc) is 3.40. The van der Waals surface area contributed by atoms with Crippen molar-refractivity contribution in [2.45, 2.75) is 39.5 Å². The highest BCUT2D eigenvalue weighted by Crippen LogP contribution is 2.28. The van der Waals surface area contributed by atoms with Crippen LogP contribution in [0.3, 0.4) is 0 Å². The van der Waals surface area contributed by atoms with Gasteiger partial charge in [-0.2, -0.15) is 0 Å². The molecule has 2 aromatic rings. The molecule has 4 heterocycles. The second kappa shape index (κ2) is 7.55. The third-order valence-electron chi connectivity index (χ3n) is 5.56. The Balaban J connectivity index is 1.43. The van der Waals surface area contributed by atoms with Crippen LogP contribution in [0.4, 0.5) is 0 Å². The van der Waals surface area contributed by atoms with Crippen LogP contribution in [-0.2, 0) is 16.0 Å². The lowest BCUT2D eigenvalue weighted by Gasteiger charge is -2.33. The van der Waals surface area contributed by atoms with E-state index in [9.17, 15) is 4.79 Å². The van der Waals surface area contributed by atoms with Gasteiger partial charge in [-0.05, 0) is 44.2 Å². The molecule has 2 aliphatic heterocycles. The highest BCUT2D eigenvalue weighted by molar-refractivity contribution is 7.09. The van der Waals surface area contributed by atoms with E-state index in [4.69, 9.17) is 9.47 Å². The molecule has 6 heteroatoms. The van der Waals surface area contributed by atoms with Crippen molar-refractivity contribution in [2.24, 2.45) is 5.92 Å². The molecule has 2 fully saturated rings. The van der Waals surface area contributed by atoms with Gasteiger partial charge in [0.1, 0.15) is 0 Å². The molecule has 0 aromatic carbocycles. The van der Waals surface area contributed by atoms with Gasteiger partial charge in [0.2, 0.25) is 0 Å². The lowest BCUT2D eigenvalue weighted by Crippen LogP contribution is -2.41. The van der Waals surface area contributed by atoms with Gasteiger partial charge >= 0.3 is 0 Å². The normalized spacial score (nSPS) is 19.4. The molecule has 0 saturated carbocycles. The number of amides is 1. The molecule has 2 saturated heterocycles. The number of piperidine rings is 1. The van der Waals surface area contributed by atoms with E-state index in [0.717, 1.165) is 49.4 Å². The summed E-state index contributed by atoms with van der Waals surface area (Å²) in [5, 5.41) is 2.09. The fourth-order valence-electron chi connectivity index (χ4n) is 4.01. The number of aromatic nitrogens is 1. The van der Waals surface area contributed by atoms with E-state index in [-0.39, 0.29) is 12.2 Å². The van der Waals surface area contributed by atoms with E-state index in [1.807, 2.05) is 11.0 Å². The Morgan fingerprint density at radius 3 is 2.62 bits per heavy atom. The Morgan fingerprint density at radius 1 is 1.23 bits per heavy atom. The Bertz CT molecular complexity index is 754. The molecular weight excluding hydrogens is 348 g/mol. The predicted octanol–water partition coefficient (Wildman–Crippen LogP) is 3.44. The Hall–Kier alpha value is -1.63. The topological polar surface area (TPSA) is 43.7 Å². The number of likely N-dealkylation sites (tertiary alicyclic amines) is 1. The highest BCUT2D eigenvalue weighted by Gasteiger charge is 2.32. The third kappa shape index (κ3) is 3.46. The summed E-state index contributed by atoms with van der Waals surface area (Å²) in [4.78, 5) is 16.4. The molecule has 1 amide bonds. The zero-order chi connectivity index (χ0) is 18.1. The first-order chi connectivity index (χ1) is 12.6. The van der Waals surface area contributed by atoms with Gasteiger partial charge in [-0.15, -0.1) is 11.3 Å². The van der Waals surface area contributed by atoms with Gasteiger partial charge in [0.15, 0.2) is 6.29 Å². The zero-order valence-corrected chi connectivity index (χ0v) is 16.3. The van der Waals surface area contributed by atoms with Gasteiger partial charge in [-0.1, -0.05) is 6.07 Å². The number of hydrogen-bond donors (Lipinski definition) is 0. The third-order valence-corrected chi connectivity index (χ3v) is 6.42. The summed E-state index contributed by atoms with van der Waals surface area (Å²) in [7, 11) is 0. The SMILES string of the molecule is Cc1cc(C(=O)N2CCC(C3OCCO3)CC2)c(C)n1Cc1cccs1. The van der Waals surface area contributed by atoms with Gasteiger partial charge in [-0.3, -0.25) is 4.79 Å². The molecule has 0 N–H and O–H groups in total. The van der Waals surface area contributed by atoms with Crippen molar-refractivity contribution in [3.63, 3.8) is 0 Å². The summed E-state index contributed by atoms with van der Waals surface area (Å²) in [6.45, 7) is 7.92. The van der Waals surface area contributed by atoms with Crippen LogP contribution < -0.4 is 0 Å². The van der Waals surface area contributed by atoms with Crippen LogP contribution in [0, 0.1) is 19.8 Å². The summed E-state index contributed by atoms with van der Waals surface area (Å²) < 4.78 is 13.5. The minimum Gasteiger partial charge on any atom is -0.350 e. The molecule has 0 bridgehead atoms. The number of ether oxygens (including phenoxy) is 2. The van der Waals surface area contributed by atoms with Crippen molar-refractivity contribution in [1.82, 2.24) is 9.47 Å². The second-order valence-electron chi connectivity index (χ2n) is 7.19. The van der Waals surface area contributed by atoms with Gasteiger partial charge in [0.05, 0.1) is 25.3 Å². The maximum absolute atomic E-state index is 13.1. The molecule has 140 valence electrons. The summed E-state index contributed by atoms with van der Waals surface area (Å²) in [6.07, 6.45) is 1.83. The summed E-state index contributed by atoms with van der Waals surface area (Å²) >= 11 is 1.75. The number of thiophene rings is 1. The van der Waals surface area contributed by atoms with Crippen molar-refractivity contribution in [3.8, 4) is 0 Å². The van der Waals surface area contributed by atoms with Gasteiger partial charge < -0.3 is 18.9 Å². The molecular formula is C20H26N2O3S. The largest absolute Gasteiger partial charge is 0.350 e. The molecule has 0 unspecified atom stereocenters. The zero-order valence-electron chi connectivity index (χ0n) is 15.4. The van der Waals surface area contributed by atoms with Gasteiger partial charge in [0.25, 0.3) is 5.91 Å². The van der Waals surface area contributed by atoms with E-state index in [1.165, 1.54) is 4.88 Å². The monoisotopic (exact) mass is 374 g/mol. The van der Waals surface area contributed by atoms with E-state index in [1.54, 1.807) is 11.3 Å². The maximum Gasteiger partial charge on any atom is 0.255 e. The minimum absolute atomic E-state index is 0.0666. The smallest absolute Gasteiger partial charge is 0.255 e. The summed E-state index contributed by atoms with van der Waals surface area (Å²) in [5.74, 6) is 0.565. The van der Waals surface area contributed by atoms with Crippen molar-refractivity contribution in [1.29, 1.82) is 0 Å². The van der Waals surface area contributed by atoms with Crippen LogP contribution in [0.15, 0.2) is 23.6 Å². The quantitative estimate of drug-likeness (QED) is 0.823. The minimum atomic E-state index is -0.0666. The molecule has 0 radical (unpaired) electrons. The van der Waals surface area contributed by atoms with E-state index < -0.39 is 0 Å². The Labute approximate surface area is 158 Å². The van der Waals surface area contributed by atoms with Crippen molar-refractivity contribution < 1.29 is 14.3 Å².